The third kappa shape index (κ3) is 13.8. The lowest BCUT2D eigenvalue weighted by Gasteiger charge is -2.21. The van der Waals surface area contributed by atoms with Gasteiger partial charge in [-0.3, -0.25) is 4.79 Å². The number of carbonyl (C=O) groups excluding carboxylic acids is 1. The van der Waals surface area contributed by atoms with E-state index in [1.54, 1.807) is 0 Å². The smallest absolute Gasteiger partial charge is 0.198 e. The number of rotatable bonds is 16. The van der Waals surface area contributed by atoms with Gasteiger partial charge in [-0.05, 0) is 12.3 Å². The van der Waals surface area contributed by atoms with Crippen LogP contribution < -0.4 is 0 Å². The van der Waals surface area contributed by atoms with E-state index in [2.05, 4.69) is 0 Å². The Bertz CT molecular complexity index is 242. The van der Waals surface area contributed by atoms with E-state index in [-0.39, 0.29) is 0 Å². The topological polar surface area (TPSA) is 17.1 Å². The highest BCUT2D eigenvalue weighted by molar-refractivity contribution is 5.50. The second kappa shape index (κ2) is 16.5. The van der Waals surface area contributed by atoms with Crippen LogP contribution in [0.15, 0.2) is 0 Å². The summed E-state index contributed by atoms with van der Waals surface area (Å²) < 4.78 is 0. The highest BCUT2D eigenvalue weighted by Gasteiger charge is 2.12. The van der Waals surface area contributed by atoms with E-state index in [4.69, 9.17) is 0 Å². The summed E-state index contributed by atoms with van der Waals surface area (Å²) in [4.78, 5) is 10.1. The molecule has 23 heavy (non-hydrogen) atoms. The van der Waals surface area contributed by atoms with Gasteiger partial charge in [0.25, 0.3) is 0 Å². The van der Waals surface area contributed by atoms with Crippen molar-refractivity contribution in [2.24, 2.45) is 5.92 Å². The molecule has 1 radical (unpaired) electrons. The molecule has 1 rings (SSSR count). The highest BCUT2D eigenvalue weighted by atomic mass is 16.1. The van der Waals surface area contributed by atoms with E-state index in [0.717, 1.165) is 12.3 Å². The van der Waals surface area contributed by atoms with Crippen molar-refractivity contribution in [1.82, 2.24) is 0 Å². The number of unbranched alkanes of at least 4 members (excludes halogenated alkanes) is 13. The van der Waals surface area contributed by atoms with E-state index >= 15 is 0 Å². The van der Waals surface area contributed by atoms with E-state index in [9.17, 15) is 4.79 Å². The molecule has 1 nitrogen and oxygen atoms in total. The monoisotopic (exact) mass is 321 g/mol. The minimum atomic E-state index is 0.640. The van der Waals surface area contributed by atoms with Gasteiger partial charge in [0.2, 0.25) is 0 Å². The molecule has 0 bridgehead atoms. The van der Waals surface area contributed by atoms with Crippen molar-refractivity contribution in [3.63, 3.8) is 0 Å². The van der Waals surface area contributed by atoms with Gasteiger partial charge in [0.1, 0.15) is 0 Å². The van der Waals surface area contributed by atoms with Crippen LogP contribution in [0.1, 0.15) is 128 Å². The molecule has 0 aliphatic heterocycles. The summed E-state index contributed by atoms with van der Waals surface area (Å²) in [6.07, 6.45) is 29.7. The molecule has 0 amide bonds. The molecule has 0 N–H and O–H groups in total. The predicted molar refractivity (Wildman–Crippen MR) is 102 cm³/mol. The molecule has 1 heteroatoms. The molecule has 135 valence electrons. The summed E-state index contributed by atoms with van der Waals surface area (Å²) in [5, 5.41) is 0. The first-order valence-corrected chi connectivity index (χ1v) is 10.8. The van der Waals surface area contributed by atoms with Gasteiger partial charge in [0.15, 0.2) is 6.29 Å². The minimum Gasteiger partial charge on any atom is -0.291 e. The van der Waals surface area contributed by atoms with Crippen LogP contribution in [-0.2, 0) is 4.79 Å². The van der Waals surface area contributed by atoms with E-state index in [0.29, 0.717) is 6.42 Å². The highest BCUT2D eigenvalue weighted by Crippen LogP contribution is 2.28. The molecular formula is C22H41O. The quantitative estimate of drug-likeness (QED) is 0.268. The Hall–Kier alpha value is -0.330. The summed E-state index contributed by atoms with van der Waals surface area (Å²) >= 11 is 0. The van der Waals surface area contributed by atoms with Crippen LogP contribution >= 0.6 is 0 Å². The van der Waals surface area contributed by atoms with Crippen molar-refractivity contribution in [3.05, 3.63) is 0 Å². The average Bonchev–Trinajstić information content (AvgIpc) is 2.59. The Morgan fingerprint density at radius 3 is 1.48 bits per heavy atom. The summed E-state index contributed by atoms with van der Waals surface area (Å²) in [5.41, 5.74) is 0. The number of hydrogen-bond donors (Lipinski definition) is 0. The fourth-order valence-corrected chi connectivity index (χ4v) is 4.05. The summed E-state index contributed by atoms with van der Waals surface area (Å²) in [5.74, 6) is 1.08. The molecule has 0 unspecified atom stereocenters. The normalized spacial score (nSPS) is 15.8. The SMILES string of the molecule is O=[C]CCCCCCCCCCCCCCCC1CCCCC1. The molecule has 1 aliphatic rings. The summed E-state index contributed by atoms with van der Waals surface area (Å²) in [6.45, 7) is 0. The molecule has 0 saturated heterocycles. The van der Waals surface area contributed by atoms with Crippen LogP contribution in [0.4, 0.5) is 0 Å². The molecular weight excluding hydrogens is 280 g/mol. The van der Waals surface area contributed by atoms with Crippen molar-refractivity contribution >= 4 is 6.29 Å². The van der Waals surface area contributed by atoms with Crippen LogP contribution in [0, 0.1) is 5.92 Å². The Kier molecular flexibility index (Phi) is 14.9. The van der Waals surface area contributed by atoms with Gasteiger partial charge in [0.05, 0.1) is 0 Å². The molecule has 1 aliphatic carbocycles. The van der Waals surface area contributed by atoms with Crippen LogP contribution in [0.3, 0.4) is 0 Å². The van der Waals surface area contributed by atoms with Crippen molar-refractivity contribution < 1.29 is 4.79 Å². The van der Waals surface area contributed by atoms with Crippen LogP contribution in [0.5, 0.6) is 0 Å². The third-order valence-corrected chi connectivity index (χ3v) is 5.62. The number of hydrogen-bond acceptors (Lipinski definition) is 1. The maximum absolute atomic E-state index is 10.1. The van der Waals surface area contributed by atoms with Crippen LogP contribution in [0.25, 0.3) is 0 Å². The van der Waals surface area contributed by atoms with Crippen molar-refractivity contribution in [1.29, 1.82) is 0 Å². The second-order valence-electron chi connectivity index (χ2n) is 7.78. The minimum absolute atomic E-state index is 0.640. The van der Waals surface area contributed by atoms with Gasteiger partial charge in [0, 0.05) is 6.42 Å². The molecule has 1 saturated carbocycles. The molecule has 0 aromatic rings. The maximum atomic E-state index is 10.1. The molecule has 0 aromatic carbocycles. The fraction of sp³-hybridized carbons (Fsp3) is 0.955. The lowest BCUT2D eigenvalue weighted by molar-refractivity contribution is 0.328. The zero-order valence-electron chi connectivity index (χ0n) is 15.6. The lowest BCUT2D eigenvalue weighted by Crippen LogP contribution is -2.05. The largest absolute Gasteiger partial charge is 0.291 e. The van der Waals surface area contributed by atoms with E-state index in [1.165, 1.54) is 116 Å². The van der Waals surface area contributed by atoms with Crippen LogP contribution in [0.2, 0.25) is 0 Å². The molecule has 0 heterocycles. The first kappa shape index (κ1) is 20.7. The van der Waals surface area contributed by atoms with E-state index in [1.807, 2.05) is 6.29 Å². The predicted octanol–water partition coefficient (Wildman–Crippen LogP) is 7.53. The average molecular weight is 322 g/mol. The second-order valence-corrected chi connectivity index (χ2v) is 7.78. The molecule has 0 aromatic heterocycles. The Labute approximate surface area is 146 Å². The van der Waals surface area contributed by atoms with Gasteiger partial charge >= 0.3 is 0 Å². The van der Waals surface area contributed by atoms with Gasteiger partial charge < -0.3 is 0 Å². The molecule has 0 spiro atoms. The van der Waals surface area contributed by atoms with E-state index < -0.39 is 0 Å². The summed E-state index contributed by atoms with van der Waals surface area (Å²) in [7, 11) is 0. The Morgan fingerprint density at radius 2 is 1.00 bits per heavy atom. The fourth-order valence-electron chi connectivity index (χ4n) is 4.05. The lowest BCUT2D eigenvalue weighted by atomic mass is 9.85. The molecule has 0 atom stereocenters. The van der Waals surface area contributed by atoms with Gasteiger partial charge in [-0.1, -0.05) is 116 Å². The van der Waals surface area contributed by atoms with Crippen molar-refractivity contribution in [2.45, 2.75) is 128 Å². The summed E-state index contributed by atoms with van der Waals surface area (Å²) in [6, 6.07) is 0. The van der Waals surface area contributed by atoms with Gasteiger partial charge in [-0.2, -0.15) is 0 Å². The standard InChI is InChI=1S/C22H41O/c23-21-17-12-10-8-6-4-2-1-3-5-7-9-11-14-18-22-19-15-13-16-20-22/h22H,1-20H2. The first-order valence-electron chi connectivity index (χ1n) is 10.8. The first-order chi connectivity index (χ1) is 11.4. The Morgan fingerprint density at radius 1 is 0.565 bits per heavy atom. The van der Waals surface area contributed by atoms with Gasteiger partial charge in [-0.15, -0.1) is 0 Å². The Balaban J connectivity index is 1.67. The van der Waals surface area contributed by atoms with Crippen molar-refractivity contribution in [3.8, 4) is 0 Å². The third-order valence-electron chi connectivity index (χ3n) is 5.62. The zero-order valence-corrected chi connectivity index (χ0v) is 15.6. The maximum Gasteiger partial charge on any atom is 0.198 e. The van der Waals surface area contributed by atoms with Crippen LogP contribution in [-0.4, -0.2) is 6.29 Å². The zero-order chi connectivity index (χ0) is 16.4. The molecule has 1 fully saturated rings. The van der Waals surface area contributed by atoms with Crippen molar-refractivity contribution in [2.75, 3.05) is 0 Å². The van der Waals surface area contributed by atoms with Gasteiger partial charge in [-0.25, -0.2) is 0 Å².